The van der Waals surface area contributed by atoms with E-state index in [0.717, 1.165) is 16.8 Å². The molecule has 0 aliphatic heterocycles. The minimum absolute atomic E-state index is 0.204. The maximum Gasteiger partial charge on any atom is 0.305 e. The third-order valence-electron chi connectivity index (χ3n) is 2.67. The first-order valence-corrected chi connectivity index (χ1v) is 5.90. The SMILES string of the molecule is Cc1cc(C)cc(Nc2ccc([N+](=O)[O-])c(C#N)n2)c1. The van der Waals surface area contributed by atoms with E-state index in [0.29, 0.717) is 5.82 Å². The summed E-state index contributed by atoms with van der Waals surface area (Å²) in [5.41, 5.74) is 2.51. The highest BCUT2D eigenvalue weighted by atomic mass is 16.6. The van der Waals surface area contributed by atoms with Crippen LogP contribution in [0.1, 0.15) is 16.8 Å². The normalized spacial score (nSPS) is 9.85. The minimum Gasteiger partial charge on any atom is -0.340 e. The van der Waals surface area contributed by atoms with Crippen molar-refractivity contribution in [2.24, 2.45) is 0 Å². The minimum atomic E-state index is -0.619. The Hall–Kier alpha value is -2.94. The van der Waals surface area contributed by atoms with E-state index in [9.17, 15) is 10.1 Å². The molecule has 2 rings (SSSR count). The van der Waals surface area contributed by atoms with E-state index < -0.39 is 4.92 Å². The molecule has 6 heteroatoms. The molecule has 1 heterocycles. The van der Waals surface area contributed by atoms with Gasteiger partial charge >= 0.3 is 5.69 Å². The molecule has 20 heavy (non-hydrogen) atoms. The topological polar surface area (TPSA) is 91.9 Å². The van der Waals surface area contributed by atoms with Crippen LogP contribution in [0, 0.1) is 35.3 Å². The number of anilines is 2. The number of hydrogen-bond acceptors (Lipinski definition) is 5. The number of aryl methyl sites for hydroxylation is 2. The molecule has 0 atom stereocenters. The van der Waals surface area contributed by atoms with Crippen LogP contribution in [0.15, 0.2) is 30.3 Å². The Morgan fingerprint density at radius 1 is 1.25 bits per heavy atom. The highest BCUT2D eigenvalue weighted by Crippen LogP contribution is 2.22. The van der Waals surface area contributed by atoms with Crippen molar-refractivity contribution in [2.45, 2.75) is 13.8 Å². The third-order valence-corrected chi connectivity index (χ3v) is 2.67. The number of hydrogen-bond donors (Lipinski definition) is 1. The molecule has 2 aromatic rings. The second kappa shape index (κ2) is 5.36. The number of benzene rings is 1. The van der Waals surface area contributed by atoms with Gasteiger partial charge in [-0.05, 0) is 43.2 Å². The summed E-state index contributed by atoms with van der Waals surface area (Å²) >= 11 is 0. The quantitative estimate of drug-likeness (QED) is 0.681. The van der Waals surface area contributed by atoms with Gasteiger partial charge in [0.2, 0.25) is 5.69 Å². The number of pyridine rings is 1. The smallest absolute Gasteiger partial charge is 0.305 e. The molecule has 1 aromatic carbocycles. The van der Waals surface area contributed by atoms with E-state index in [1.165, 1.54) is 12.1 Å². The van der Waals surface area contributed by atoms with Gasteiger partial charge in [0.1, 0.15) is 11.9 Å². The second-order valence-corrected chi connectivity index (χ2v) is 4.43. The van der Waals surface area contributed by atoms with Crippen molar-refractivity contribution < 1.29 is 4.92 Å². The van der Waals surface area contributed by atoms with E-state index in [1.54, 1.807) is 6.07 Å². The maximum atomic E-state index is 10.7. The van der Waals surface area contributed by atoms with Gasteiger partial charge in [0.25, 0.3) is 0 Å². The molecule has 100 valence electrons. The van der Waals surface area contributed by atoms with Crippen molar-refractivity contribution in [3.05, 3.63) is 57.3 Å². The Labute approximate surface area is 115 Å². The number of nitro groups is 1. The van der Waals surface area contributed by atoms with Crippen molar-refractivity contribution in [3.63, 3.8) is 0 Å². The zero-order valence-electron chi connectivity index (χ0n) is 11.0. The summed E-state index contributed by atoms with van der Waals surface area (Å²) in [6, 6.07) is 10.4. The van der Waals surface area contributed by atoms with Gasteiger partial charge < -0.3 is 5.32 Å². The van der Waals surface area contributed by atoms with Gasteiger partial charge in [-0.1, -0.05) is 6.07 Å². The van der Waals surface area contributed by atoms with Crippen molar-refractivity contribution in [2.75, 3.05) is 5.32 Å². The summed E-state index contributed by atoms with van der Waals surface area (Å²) in [7, 11) is 0. The number of aromatic nitrogens is 1. The van der Waals surface area contributed by atoms with Crippen LogP contribution in [-0.4, -0.2) is 9.91 Å². The molecule has 0 amide bonds. The monoisotopic (exact) mass is 268 g/mol. The number of nitriles is 1. The first-order valence-electron chi connectivity index (χ1n) is 5.90. The fraction of sp³-hybridized carbons (Fsp3) is 0.143. The molecule has 0 aliphatic carbocycles. The standard InChI is InChI=1S/C14H12N4O2/c1-9-5-10(2)7-11(6-9)16-14-4-3-13(18(19)20)12(8-15)17-14/h3-7H,1-2H3,(H,16,17). The molecular weight excluding hydrogens is 256 g/mol. The molecular formula is C14H12N4O2. The fourth-order valence-electron chi connectivity index (χ4n) is 1.95. The van der Waals surface area contributed by atoms with Gasteiger partial charge in [0, 0.05) is 11.8 Å². The highest BCUT2D eigenvalue weighted by Gasteiger charge is 2.15. The zero-order valence-corrected chi connectivity index (χ0v) is 11.0. The van der Waals surface area contributed by atoms with Crippen molar-refractivity contribution in [3.8, 4) is 6.07 Å². The average molecular weight is 268 g/mol. The summed E-state index contributed by atoms with van der Waals surface area (Å²) in [4.78, 5) is 14.1. The van der Waals surface area contributed by atoms with Crippen LogP contribution in [0.25, 0.3) is 0 Å². The second-order valence-electron chi connectivity index (χ2n) is 4.43. The van der Waals surface area contributed by atoms with Gasteiger partial charge in [-0.15, -0.1) is 0 Å². The summed E-state index contributed by atoms with van der Waals surface area (Å²) in [6.45, 7) is 3.95. The van der Waals surface area contributed by atoms with Crippen molar-refractivity contribution in [1.29, 1.82) is 5.26 Å². The molecule has 0 aliphatic rings. The molecule has 0 unspecified atom stereocenters. The summed E-state index contributed by atoms with van der Waals surface area (Å²) < 4.78 is 0. The largest absolute Gasteiger partial charge is 0.340 e. The first-order chi connectivity index (χ1) is 9.49. The molecule has 0 bridgehead atoms. The van der Waals surface area contributed by atoms with Crippen LogP contribution in [0.5, 0.6) is 0 Å². The Kier molecular flexibility index (Phi) is 3.62. The molecule has 0 saturated carbocycles. The van der Waals surface area contributed by atoms with E-state index >= 15 is 0 Å². The third kappa shape index (κ3) is 2.90. The predicted molar refractivity (Wildman–Crippen MR) is 74.8 cm³/mol. The van der Waals surface area contributed by atoms with Crippen LogP contribution in [0.2, 0.25) is 0 Å². The van der Waals surface area contributed by atoms with Gasteiger partial charge in [-0.25, -0.2) is 4.98 Å². The lowest BCUT2D eigenvalue weighted by Crippen LogP contribution is -1.99. The van der Waals surface area contributed by atoms with E-state index in [1.807, 2.05) is 32.0 Å². The fourth-order valence-corrected chi connectivity index (χ4v) is 1.95. The Morgan fingerprint density at radius 2 is 1.90 bits per heavy atom. The molecule has 0 fully saturated rings. The van der Waals surface area contributed by atoms with Gasteiger partial charge in [0.15, 0.2) is 0 Å². The first kappa shape index (κ1) is 13.5. The average Bonchev–Trinajstić information content (AvgIpc) is 2.37. The van der Waals surface area contributed by atoms with Crippen molar-refractivity contribution >= 4 is 17.2 Å². The van der Waals surface area contributed by atoms with Crippen LogP contribution in [0.3, 0.4) is 0 Å². The van der Waals surface area contributed by atoms with Gasteiger partial charge in [-0.2, -0.15) is 5.26 Å². The number of nitrogens with one attached hydrogen (secondary N) is 1. The molecule has 6 nitrogen and oxygen atoms in total. The summed E-state index contributed by atoms with van der Waals surface area (Å²) in [5, 5.41) is 22.7. The van der Waals surface area contributed by atoms with E-state index in [2.05, 4.69) is 10.3 Å². The van der Waals surface area contributed by atoms with E-state index in [4.69, 9.17) is 5.26 Å². The summed E-state index contributed by atoms with van der Waals surface area (Å²) in [5.74, 6) is 0.400. The lowest BCUT2D eigenvalue weighted by molar-refractivity contribution is -0.385. The van der Waals surface area contributed by atoms with Crippen LogP contribution in [-0.2, 0) is 0 Å². The van der Waals surface area contributed by atoms with Crippen LogP contribution < -0.4 is 5.32 Å². The Bertz CT molecular complexity index is 699. The lowest BCUT2D eigenvalue weighted by Gasteiger charge is -2.08. The molecule has 0 saturated heterocycles. The number of rotatable bonds is 3. The molecule has 1 N–H and O–H groups in total. The van der Waals surface area contributed by atoms with Crippen LogP contribution in [0.4, 0.5) is 17.2 Å². The van der Waals surface area contributed by atoms with E-state index in [-0.39, 0.29) is 11.4 Å². The van der Waals surface area contributed by atoms with Crippen molar-refractivity contribution in [1.82, 2.24) is 4.98 Å². The van der Waals surface area contributed by atoms with Gasteiger partial charge in [-0.3, -0.25) is 10.1 Å². The van der Waals surface area contributed by atoms with Gasteiger partial charge in [0.05, 0.1) is 4.92 Å². The number of nitrogens with zero attached hydrogens (tertiary/aromatic N) is 3. The zero-order chi connectivity index (χ0) is 14.7. The Morgan fingerprint density at radius 3 is 2.45 bits per heavy atom. The lowest BCUT2D eigenvalue weighted by atomic mass is 10.1. The maximum absolute atomic E-state index is 10.7. The Balaban J connectivity index is 2.35. The highest BCUT2D eigenvalue weighted by molar-refractivity contribution is 5.60. The molecule has 0 radical (unpaired) electrons. The predicted octanol–water partition coefficient (Wildman–Crippen LogP) is 3.22. The van der Waals surface area contributed by atoms with Crippen LogP contribution >= 0.6 is 0 Å². The molecule has 1 aromatic heterocycles. The summed E-state index contributed by atoms with van der Waals surface area (Å²) in [6.07, 6.45) is 0. The molecule has 0 spiro atoms.